The Morgan fingerprint density at radius 1 is 1.04 bits per heavy atom. The minimum atomic E-state index is -5.31. The van der Waals surface area contributed by atoms with E-state index < -0.39 is 61.0 Å². The third kappa shape index (κ3) is 6.13. The zero-order valence-electron chi connectivity index (χ0n) is 28.9. The molecule has 0 bridgehead atoms. The van der Waals surface area contributed by atoms with Gasteiger partial charge in [-0.2, -0.15) is 4.31 Å². The monoisotopic (exact) mass is 767 g/mol. The average molecular weight is 768 g/mol. The first-order valence-corrected chi connectivity index (χ1v) is 18.3. The predicted molar refractivity (Wildman–Crippen MR) is 184 cm³/mol. The van der Waals surface area contributed by atoms with E-state index in [4.69, 9.17) is 21.1 Å². The van der Waals surface area contributed by atoms with Crippen LogP contribution in [0.3, 0.4) is 0 Å². The van der Waals surface area contributed by atoms with E-state index in [2.05, 4.69) is 15.0 Å². The zero-order chi connectivity index (χ0) is 37.8. The molecule has 0 spiro atoms. The number of quaternary nitrogens is 1. The second-order valence-electron chi connectivity index (χ2n) is 13.3. The molecular weight excluding hydrogens is 729 g/mol. The number of amides is 2. The normalized spacial score (nSPS) is 24.9. The lowest BCUT2D eigenvalue weighted by atomic mass is 9.78. The van der Waals surface area contributed by atoms with Gasteiger partial charge in [-0.3, -0.25) is 19.0 Å². The second-order valence-corrected chi connectivity index (χ2v) is 15.5. The summed E-state index contributed by atoms with van der Waals surface area (Å²) in [5.74, 6) is -2.74. The van der Waals surface area contributed by atoms with E-state index in [9.17, 15) is 31.5 Å². The number of fused-ring (bicyclic) bond motifs is 1. The number of carbonyl (C=O) groups is 2. The molecule has 2 unspecified atom stereocenters. The van der Waals surface area contributed by atoms with Crippen molar-refractivity contribution < 1.29 is 55.0 Å². The number of nitrogens with one attached hydrogen (secondary N) is 1. The molecule has 0 saturated carbocycles. The molecular formula is C35H39ClF3N4O8S+. The van der Waals surface area contributed by atoms with Crippen LogP contribution in [-0.2, 0) is 31.7 Å². The van der Waals surface area contributed by atoms with Crippen molar-refractivity contribution in [2.24, 2.45) is 0 Å². The molecule has 3 aliphatic rings. The Labute approximate surface area is 304 Å². The summed E-state index contributed by atoms with van der Waals surface area (Å²) < 4.78 is 85.7. The van der Waals surface area contributed by atoms with E-state index in [0.29, 0.717) is 10.8 Å². The third-order valence-electron chi connectivity index (χ3n) is 10.3. The smallest absolute Gasteiger partial charge is 0.497 e. The van der Waals surface area contributed by atoms with Crippen molar-refractivity contribution in [3.8, 4) is 17.2 Å². The van der Waals surface area contributed by atoms with Gasteiger partial charge in [-0.15, -0.1) is 13.2 Å². The van der Waals surface area contributed by atoms with E-state index >= 15 is 4.79 Å². The third-order valence-corrected chi connectivity index (χ3v) is 12.3. The minimum Gasteiger partial charge on any atom is -0.497 e. The van der Waals surface area contributed by atoms with Crippen LogP contribution in [0.4, 0.5) is 18.9 Å². The van der Waals surface area contributed by atoms with Crippen LogP contribution >= 0.6 is 11.6 Å². The number of anilines is 1. The van der Waals surface area contributed by atoms with Crippen LogP contribution in [0.5, 0.6) is 17.2 Å². The van der Waals surface area contributed by atoms with Crippen molar-refractivity contribution in [1.82, 2.24) is 10.2 Å². The van der Waals surface area contributed by atoms with Crippen molar-refractivity contribution in [3.63, 3.8) is 0 Å². The van der Waals surface area contributed by atoms with Gasteiger partial charge in [-0.05, 0) is 74.0 Å². The fourth-order valence-corrected chi connectivity index (χ4v) is 9.85. The van der Waals surface area contributed by atoms with Crippen LogP contribution in [0.15, 0.2) is 59.5 Å². The Hall–Kier alpha value is -4.09. The fourth-order valence-electron chi connectivity index (χ4n) is 8.11. The summed E-state index contributed by atoms with van der Waals surface area (Å²) in [4.78, 5) is 30.7. The molecule has 2 saturated heterocycles. The van der Waals surface area contributed by atoms with Gasteiger partial charge in [0.25, 0.3) is 15.9 Å². The van der Waals surface area contributed by atoms with Crippen LogP contribution < -0.4 is 23.8 Å². The van der Waals surface area contributed by atoms with Crippen LogP contribution in [0.25, 0.3) is 0 Å². The Balaban J connectivity index is 1.69. The Morgan fingerprint density at radius 3 is 2.38 bits per heavy atom. The second kappa shape index (κ2) is 13.7. The van der Waals surface area contributed by atoms with Crippen molar-refractivity contribution in [2.75, 3.05) is 52.3 Å². The highest BCUT2D eigenvalue weighted by atomic mass is 35.5. The van der Waals surface area contributed by atoms with Gasteiger partial charge in [-0.25, -0.2) is 8.42 Å². The number of aliphatic hydroxyl groups excluding tert-OH is 1. The van der Waals surface area contributed by atoms with Crippen LogP contribution in [0, 0.1) is 0 Å². The molecule has 2 fully saturated rings. The first kappa shape index (κ1) is 37.7. The largest absolute Gasteiger partial charge is 0.573 e. The highest BCUT2D eigenvalue weighted by molar-refractivity contribution is 7.93. The van der Waals surface area contributed by atoms with Gasteiger partial charge in [0.05, 0.1) is 38.1 Å². The summed E-state index contributed by atoms with van der Waals surface area (Å²) in [6.07, 6.45) is -4.50. The van der Waals surface area contributed by atoms with E-state index in [1.54, 1.807) is 19.2 Å². The molecule has 3 aromatic carbocycles. The van der Waals surface area contributed by atoms with E-state index in [1.807, 2.05) is 6.07 Å². The molecule has 3 aromatic rings. The molecule has 0 radical (unpaired) electrons. The quantitative estimate of drug-likeness (QED) is 0.292. The van der Waals surface area contributed by atoms with Gasteiger partial charge in [0.2, 0.25) is 5.54 Å². The molecule has 0 aromatic heterocycles. The summed E-state index contributed by atoms with van der Waals surface area (Å²) >= 11 is 6.61. The number of rotatable bonds is 10. The maximum atomic E-state index is 15.7. The van der Waals surface area contributed by atoms with E-state index in [0.717, 1.165) is 49.7 Å². The Morgan fingerprint density at radius 2 is 1.75 bits per heavy atom. The molecule has 0 aliphatic carbocycles. The minimum absolute atomic E-state index is 0.0440. The number of hydrogen-bond donors (Lipinski definition) is 2. The maximum Gasteiger partial charge on any atom is 0.573 e. The van der Waals surface area contributed by atoms with Gasteiger partial charge >= 0.3 is 12.3 Å². The number of benzene rings is 3. The van der Waals surface area contributed by atoms with E-state index in [-0.39, 0.29) is 46.3 Å². The number of sulfonamides is 1. The summed E-state index contributed by atoms with van der Waals surface area (Å²) in [5.41, 5.74) is -1.39. The maximum absolute atomic E-state index is 15.7. The molecule has 12 nitrogen and oxygen atoms in total. The van der Waals surface area contributed by atoms with Crippen LogP contribution in [0.1, 0.15) is 36.0 Å². The van der Waals surface area contributed by atoms with Gasteiger partial charge in [0.15, 0.2) is 11.8 Å². The number of ether oxygens (including phenoxy) is 3. The van der Waals surface area contributed by atoms with Crippen molar-refractivity contribution >= 4 is 39.1 Å². The molecule has 3 heterocycles. The zero-order valence-corrected chi connectivity index (χ0v) is 30.4. The van der Waals surface area contributed by atoms with Crippen LogP contribution in [-0.4, -0.2) is 101 Å². The highest BCUT2D eigenvalue weighted by Gasteiger charge is 2.72. The number of likely N-dealkylation sites (N-methyl/N-ethyl adjacent to an activating group) is 2. The summed E-state index contributed by atoms with van der Waals surface area (Å²) in [6.45, 7) is 1.98. The van der Waals surface area contributed by atoms with Gasteiger partial charge in [0.1, 0.15) is 29.0 Å². The van der Waals surface area contributed by atoms with Gasteiger partial charge in [-0.1, -0.05) is 17.7 Å². The highest BCUT2D eigenvalue weighted by Crippen LogP contribution is 2.58. The number of nitrogens with zero attached hydrogens (tertiary/aromatic N) is 3. The molecule has 280 valence electrons. The van der Waals surface area contributed by atoms with E-state index in [1.165, 1.54) is 39.5 Å². The van der Waals surface area contributed by atoms with Crippen molar-refractivity contribution in [1.29, 1.82) is 0 Å². The molecule has 3 aliphatic heterocycles. The number of carbonyl (C=O) groups excluding carboxylic acids is 2. The first-order chi connectivity index (χ1) is 24.5. The number of alkyl halides is 3. The molecule has 6 rings (SSSR count). The summed E-state index contributed by atoms with van der Waals surface area (Å²) in [6, 6.07) is 10.9. The average Bonchev–Trinajstić information content (AvgIpc) is 3.78. The summed E-state index contributed by atoms with van der Waals surface area (Å²) in [5, 5.41) is 13.9. The SMILES string of the molecule is CNC(=O)[C@@H]1C[C@@H](O)C[N+]1(C)C1(c2cc(CN3CCCC3)ccc2OC)C(=O)N(S(=O)(=O)c2ccc(OC)cc2OC(F)(F)F)c2ccc(Cl)cc21. The number of halogens is 4. The first-order valence-electron chi connectivity index (χ1n) is 16.5. The molecule has 2 amide bonds. The van der Waals surface area contributed by atoms with Gasteiger partial charge in [0, 0.05) is 31.1 Å². The summed E-state index contributed by atoms with van der Waals surface area (Å²) in [7, 11) is 0.304. The number of likely N-dealkylation sites (tertiary alicyclic amines) is 2. The van der Waals surface area contributed by atoms with Gasteiger partial charge < -0.3 is 24.6 Å². The van der Waals surface area contributed by atoms with Crippen LogP contribution in [0.2, 0.25) is 5.02 Å². The fraction of sp³-hybridized carbons (Fsp3) is 0.429. The standard InChI is InChI=1S/C35H38ClF3N4O8S/c1-40-32(45)28-17-23(44)20-43(28,2)34(26-15-21(7-11-29(26)50-4)19-41-13-5-6-14-41)25-16-22(36)8-10-27(25)42(33(34)46)52(47,48)31-12-9-24(49-3)18-30(31)51-35(37,38)39/h7-12,15-16,18,23,28,44H,5-6,13-14,17,19-20H2,1-4H3/p+1/t23-,28+,34?,43?/m1/s1. The number of hydrogen-bond acceptors (Lipinski definition) is 9. The topological polar surface area (TPSA) is 135 Å². The number of aliphatic hydroxyl groups is 1. The van der Waals surface area contributed by atoms with Crippen molar-refractivity contribution in [3.05, 3.63) is 76.3 Å². The molecule has 52 heavy (non-hydrogen) atoms. The van der Waals surface area contributed by atoms with Crippen molar-refractivity contribution in [2.45, 2.75) is 54.7 Å². The lowest BCUT2D eigenvalue weighted by molar-refractivity contribution is -0.953. The molecule has 2 N–H and O–H groups in total. The predicted octanol–water partition coefficient (Wildman–Crippen LogP) is 4.16. The lowest BCUT2D eigenvalue weighted by Gasteiger charge is -2.48. The molecule has 4 atom stereocenters. The lowest BCUT2D eigenvalue weighted by Crippen LogP contribution is -2.69. The Kier molecular flexibility index (Phi) is 9.93. The Bertz CT molecular complexity index is 2010. The molecule has 17 heteroatoms. The number of methoxy groups -OCH3 is 2.